The van der Waals surface area contributed by atoms with Gasteiger partial charge in [0.15, 0.2) is 11.0 Å². The molecule has 0 atom stereocenters. The first kappa shape index (κ1) is 17.6. The van der Waals surface area contributed by atoms with Gasteiger partial charge in [-0.3, -0.25) is 49.1 Å². The zero-order valence-electron chi connectivity index (χ0n) is 13.9. The molecular weight excluding hydrogens is 396 g/mol. The largest absolute Gasteiger partial charge is 0.337 e. The van der Waals surface area contributed by atoms with Crippen molar-refractivity contribution in [1.82, 2.24) is 39.0 Å². The molecule has 16 nitrogen and oxygen atoms in total. The molecule has 4 aromatic rings. The number of aromatic amines is 6. The molecule has 0 unspecified atom stereocenters. The average Bonchev–Trinajstić information content (AvgIpc) is 3.16. The molecule has 0 aliphatic heterocycles. The van der Waals surface area contributed by atoms with E-state index < -0.39 is 63.1 Å². The molecule has 6 N–H and O–H groups in total. The Kier molecular flexibility index (Phi) is 3.57. The van der Waals surface area contributed by atoms with Gasteiger partial charge in [0.25, 0.3) is 11.1 Å². The lowest BCUT2D eigenvalue weighted by atomic mass is 10.3. The minimum absolute atomic E-state index is 0.0416. The fraction of sp³-hybridized carbons (Fsp3) is 0.0769. The molecule has 0 radical (unpaired) electrons. The van der Waals surface area contributed by atoms with Crippen LogP contribution >= 0.6 is 0 Å². The third kappa shape index (κ3) is 2.62. The molecule has 4 heterocycles. The van der Waals surface area contributed by atoms with Gasteiger partial charge in [-0.1, -0.05) is 0 Å². The highest BCUT2D eigenvalue weighted by molar-refractivity contribution is 5.99. The number of nitrogens with zero attached hydrogens (tertiary/aromatic N) is 2. The SMILES string of the molecule is O=C(CC(=O)n1c(=O)[nH]c2[nH]c(=O)[nH]c2c1=O)n1c(=O)[nH]c2[nH]c(=O)[nH]c2c1=O. The predicted molar refractivity (Wildman–Crippen MR) is 93.5 cm³/mol. The maximum absolute atomic E-state index is 12.3. The maximum atomic E-state index is 12.3. The van der Waals surface area contributed by atoms with Crippen molar-refractivity contribution in [1.29, 1.82) is 0 Å². The summed E-state index contributed by atoms with van der Waals surface area (Å²) in [6, 6.07) is 0. The first-order valence-corrected chi connectivity index (χ1v) is 7.68. The van der Waals surface area contributed by atoms with Crippen LogP contribution in [0.4, 0.5) is 0 Å². The second-order valence-electron chi connectivity index (χ2n) is 5.76. The summed E-state index contributed by atoms with van der Waals surface area (Å²) in [5, 5.41) is 0. The number of hydrogen-bond acceptors (Lipinski definition) is 8. The first-order valence-electron chi connectivity index (χ1n) is 7.68. The third-order valence-corrected chi connectivity index (χ3v) is 3.96. The van der Waals surface area contributed by atoms with Crippen molar-refractivity contribution in [2.75, 3.05) is 0 Å². The van der Waals surface area contributed by atoms with Gasteiger partial charge in [0.05, 0.1) is 0 Å². The van der Waals surface area contributed by atoms with E-state index in [2.05, 4.69) is 29.9 Å². The van der Waals surface area contributed by atoms with Crippen molar-refractivity contribution >= 4 is 34.1 Å². The molecular formula is C13H8N8O8. The minimum Gasteiger partial charge on any atom is -0.300 e. The lowest BCUT2D eigenvalue weighted by molar-refractivity contribution is 0.0793. The average molecular weight is 404 g/mol. The number of imidazole rings is 2. The Labute approximate surface area is 152 Å². The lowest BCUT2D eigenvalue weighted by Crippen LogP contribution is -2.44. The number of nitrogens with one attached hydrogen (secondary N) is 6. The number of hydrogen-bond donors (Lipinski definition) is 6. The normalized spacial score (nSPS) is 11.3. The van der Waals surface area contributed by atoms with Gasteiger partial charge in [-0.2, -0.15) is 9.13 Å². The summed E-state index contributed by atoms with van der Waals surface area (Å²) < 4.78 is 0.0832. The monoisotopic (exact) mass is 404 g/mol. The van der Waals surface area contributed by atoms with Crippen LogP contribution in [0.5, 0.6) is 0 Å². The maximum Gasteiger partial charge on any atom is 0.337 e. The van der Waals surface area contributed by atoms with Crippen molar-refractivity contribution in [2.45, 2.75) is 6.42 Å². The van der Waals surface area contributed by atoms with Crippen LogP contribution in [-0.2, 0) is 0 Å². The van der Waals surface area contributed by atoms with Gasteiger partial charge < -0.3 is 0 Å². The summed E-state index contributed by atoms with van der Waals surface area (Å²) in [5.41, 5.74) is -7.91. The van der Waals surface area contributed by atoms with E-state index >= 15 is 0 Å². The van der Waals surface area contributed by atoms with E-state index in [1.807, 2.05) is 0 Å². The lowest BCUT2D eigenvalue weighted by Gasteiger charge is -2.04. The Morgan fingerprint density at radius 2 is 0.966 bits per heavy atom. The van der Waals surface area contributed by atoms with Gasteiger partial charge in [0, 0.05) is 0 Å². The van der Waals surface area contributed by atoms with Crippen molar-refractivity contribution in [3.8, 4) is 0 Å². The summed E-state index contributed by atoms with van der Waals surface area (Å²) in [6.07, 6.45) is -1.22. The second-order valence-corrected chi connectivity index (χ2v) is 5.76. The summed E-state index contributed by atoms with van der Waals surface area (Å²) in [5.74, 6) is -2.72. The van der Waals surface area contributed by atoms with Crippen LogP contribution in [0.1, 0.15) is 16.0 Å². The van der Waals surface area contributed by atoms with Crippen LogP contribution in [0, 0.1) is 0 Å². The Hall–Kier alpha value is -4.76. The molecule has 0 bridgehead atoms. The van der Waals surface area contributed by atoms with E-state index in [9.17, 15) is 38.4 Å². The number of carbonyl (C=O) groups excluding carboxylic acids is 2. The first-order chi connectivity index (χ1) is 13.7. The van der Waals surface area contributed by atoms with E-state index in [1.54, 1.807) is 0 Å². The molecule has 4 aromatic heterocycles. The van der Waals surface area contributed by atoms with Crippen LogP contribution in [0.25, 0.3) is 22.3 Å². The number of aromatic nitrogens is 8. The van der Waals surface area contributed by atoms with Crippen molar-refractivity contribution in [2.24, 2.45) is 0 Å². The quantitative estimate of drug-likeness (QED) is 0.180. The standard InChI is InChI=1S/C13H8N8O8/c22-2(20-8(24)4-6(18-12(20)28)16-10(26)14-4)1-3(23)21-9(25)5-7(19-13(21)29)17-11(27)15-5/h1H2,(H,18,28)(H,19,29)(H2,14,16,26)(H2,15,17,27). The molecule has 0 saturated carbocycles. The zero-order chi connectivity index (χ0) is 21.0. The summed E-state index contributed by atoms with van der Waals surface area (Å²) in [4.78, 5) is 108. The van der Waals surface area contributed by atoms with E-state index in [-0.39, 0.29) is 20.4 Å². The Balaban J connectivity index is 1.80. The molecule has 0 spiro atoms. The third-order valence-electron chi connectivity index (χ3n) is 3.96. The highest BCUT2D eigenvalue weighted by Gasteiger charge is 2.23. The van der Waals surface area contributed by atoms with Crippen molar-refractivity contribution in [3.63, 3.8) is 0 Å². The number of H-pyrrole nitrogens is 6. The molecule has 148 valence electrons. The van der Waals surface area contributed by atoms with E-state index in [0.717, 1.165) is 0 Å². The van der Waals surface area contributed by atoms with Gasteiger partial charge in [0.2, 0.25) is 11.8 Å². The second kappa shape index (κ2) is 5.87. The summed E-state index contributed by atoms with van der Waals surface area (Å²) in [6.45, 7) is 0. The van der Waals surface area contributed by atoms with Gasteiger partial charge in [-0.05, 0) is 0 Å². The Morgan fingerprint density at radius 1 is 0.586 bits per heavy atom. The topological polar surface area (TPSA) is 241 Å². The molecule has 16 heteroatoms. The molecule has 0 fully saturated rings. The van der Waals surface area contributed by atoms with Crippen molar-refractivity contribution in [3.05, 3.63) is 62.6 Å². The Bertz CT molecular complexity index is 1570. The highest BCUT2D eigenvalue weighted by atomic mass is 16.2. The molecule has 0 amide bonds. The fourth-order valence-electron chi connectivity index (χ4n) is 2.75. The molecule has 0 aliphatic rings. The van der Waals surface area contributed by atoms with Crippen LogP contribution in [-0.4, -0.2) is 50.9 Å². The molecule has 0 aliphatic carbocycles. The highest BCUT2D eigenvalue weighted by Crippen LogP contribution is 1.96. The zero-order valence-corrected chi connectivity index (χ0v) is 13.9. The van der Waals surface area contributed by atoms with Crippen LogP contribution < -0.4 is 33.9 Å². The number of carbonyl (C=O) groups is 2. The molecule has 0 saturated heterocycles. The van der Waals surface area contributed by atoms with Gasteiger partial charge >= 0.3 is 22.8 Å². The van der Waals surface area contributed by atoms with Crippen LogP contribution in [0.15, 0.2) is 28.8 Å². The van der Waals surface area contributed by atoms with Crippen LogP contribution in [0.3, 0.4) is 0 Å². The van der Waals surface area contributed by atoms with Crippen molar-refractivity contribution < 1.29 is 9.59 Å². The van der Waals surface area contributed by atoms with Crippen LogP contribution in [0.2, 0.25) is 0 Å². The minimum atomic E-state index is -1.36. The Morgan fingerprint density at radius 3 is 1.34 bits per heavy atom. The summed E-state index contributed by atoms with van der Waals surface area (Å²) in [7, 11) is 0. The predicted octanol–water partition coefficient (Wildman–Crippen LogP) is -3.90. The summed E-state index contributed by atoms with van der Waals surface area (Å²) >= 11 is 0. The number of rotatable bonds is 2. The van der Waals surface area contributed by atoms with Gasteiger partial charge in [-0.15, -0.1) is 0 Å². The molecule has 4 rings (SSSR count). The van der Waals surface area contributed by atoms with E-state index in [1.165, 1.54) is 0 Å². The smallest absolute Gasteiger partial charge is 0.300 e. The van der Waals surface area contributed by atoms with E-state index in [0.29, 0.717) is 0 Å². The molecule has 29 heavy (non-hydrogen) atoms. The van der Waals surface area contributed by atoms with Gasteiger partial charge in [0.1, 0.15) is 17.7 Å². The fourth-order valence-corrected chi connectivity index (χ4v) is 2.75. The number of fused-ring (bicyclic) bond motifs is 2. The van der Waals surface area contributed by atoms with E-state index in [4.69, 9.17) is 0 Å². The van der Waals surface area contributed by atoms with Gasteiger partial charge in [-0.25, -0.2) is 19.2 Å². The molecule has 0 aromatic carbocycles.